The Morgan fingerprint density at radius 3 is 2.39 bits per heavy atom. The summed E-state index contributed by atoms with van der Waals surface area (Å²) in [6.45, 7) is 1.48. The fraction of sp³-hybridized carbons (Fsp3) is 0.368. The van der Waals surface area contributed by atoms with Gasteiger partial charge >= 0.3 is 0 Å². The Balaban J connectivity index is 1.55. The molecule has 0 bridgehead atoms. The van der Waals surface area contributed by atoms with Crippen molar-refractivity contribution >= 4 is 38.9 Å². The molecule has 9 heteroatoms. The first kappa shape index (κ1) is 20.5. The summed E-state index contributed by atoms with van der Waals surface area (Å²) < 4.78 is 26.9. The van der Waals surface area contributed by atoms with Crippen LogP contribution in [-0.4, -0.2) is 32.3 Å². The number of carbonyl (C=O) groups is 2. The van der Waals surface area contributed by atoms with Gasteiger partial charge in [-0.1, -0.05) is 18.9 Å². The Bertz CT molecular complexity index is 919. The normalized spacial score (nSPS) is 15.9. The molecule has 3 N–H and O–H groups in total. The molecule has 150 valence electrons. The predicted octanol–water partition coefficient (Wildman–Crippen LogP) is 2.73. The average Bonchev–Trinajstić information content (AvgIpc) is 3.36. The lowest BCUT2D eigenvalue weighted by Crippen LogP contribution is -2.41. The number of hydrogen-bond acceptors (Lipinski definition) is 5. The smallest absolute Gasteiger partial charge is 0.251 e. The first-order valence-electron chi connectivity index (χ1n) is 9.13. The van der Waals surface area contributed by atoms with Crippen molar-refractivity contribution in [3.63, 3.8) is 0 Å². The second-order valence-electron chi connectivity index (χ2n) is 6.80. The molecule has 0 radical (unpaired) electrons. The van der Waals surface area contributed by atoms with Crippen LogP contribution in [0.1, 0.15) is 43.0 Å². The Labute approximate surface area is 168 Å². The highest BCUT2D eigenvalue weighted by atomic mass is 32.2. The second-order valence-corrected chi connectivity index (χ2v) is 9.69. The summed E-state index contributed by atoms with van der Waals surface area (Å²) in [5.74, 6) is -0.606. The lowest BCUT2D eigenvalue weighted by molar-refractivity contribution is -0.117. The van der Waals surface area contributed by atoms with Crippen molar-refractivity contribution in [3.05, 3.63) is 47.3 Å². The third kappa shape index (κ3) is 5.18. The third-order valence-electron chi connectivity index (χ3n) is 4.59. The summed E-state index contributed by atoms with van der Waals surface area (Å²) >= 11 is 1.08. The van der Waals surface area contributed by atoms with Gasteiger partial charge in [0.1, 0.15) is 4.21 Å². The minimum Gasteiger partial charge on any atom is -0.349 e. The molecule has 0 saturated heterocycles. The van der Waals surface area contributed by atoms with Crippen LogP contribution in [0, 0.1) is 0 Å². The van der Waals surface area contributed by atoms with Crippen molar-refractivity contribution in [3.8, 4) is 0 Å². The molecule has 0 aliphatic heterocycles. The van der Waals surface area contributed by atoms with Crippen LogP contribution >= 0.6 is 11.3 Å². The zero-order valence-corrected chi connectivity index (χ0v) is 17.1. The van der Waals surface area contributed by atoms with Crippen LogP contribution in [0.2, 0.25) is 0 Å². The summed E-state index contributed by atoms with van der Waals surface area (Å²) in [5, 5.41) is 7.32. The van der Waals surface area contributed by atoms with Crippen molar-refractivity contribution in [2.24, 2.45) is 0 Å². The molecule has 0 spiro atoms. The SMILES string of the molecule is CC(NS(=O)(=O)c1cccs1)C(=O)Nc1ccc(C(=O)NC2CCCC2)cc1. The van der Waals surface area contributed by atoms with Gasteiger partial charge in [0, 0.05) is 17.3 Å². The minimum absolute atomic E-state index is 0.123. The molecule has 2 aromatic rings. The van der Waals surface area contributed by atoms with Crippen LogP contribution in [0.15, 0.2) is 46.0 Å². The van der Waals surface area contributed by atoms with Gasteiger partial charge in [0.25, 0.3) is 15.9 Å². The van der Waals surface area contributed by atoms with E-state index in [1.165, 1.54) is 13.0 Å². The molecule has 1 fully saturated rings. The first-order chi connectivity index (χ1) is 13.3. The van der Waals surface area contributed by atoms with E-state index >= 15 is 0 Å². The third-order valence-corrected chi connectivity index (χ3v) is 7.53. The summed E-state index contributed by atoms with van der Waals surface area (Å²) in [6, 6.07) is 8.94. The fourth-order valence-electron chi connectivity index (χ4n) is 3.06. The van der Waals surface area contributed by atoms with E-state index in [9.17, 15) is 18.0 Å². The molecule has 1 saturated carbocycles. The quantitative estimate of drug-likeness (QED) is 0.639. The Kier molecular flexibility index (Phi) is 6.48. The van der Waals surface area contributed by atoms with E-state index in [0.717, 1.165) is 37.0 Å². The van der Waals surface area contributed by atoms with Crippen LogP contribution in [0.25, 0.3) is 0 Å². The van der Waals surface area contributed by atoms with Crippen LogP contribution < -0.4 is 15.4 Å². The molecule has 3 rings (SSSR count). The predicted molar refractivity (Wildman–Crippen MR) is 109 cm³/mol. The average molecular weight is 422 g/mol. The zero-order valence-electron chi connectivity index (χ0n) is 15.5. The molecule has 1 aliphatic rings. The van der Waals surface area contributed by atoms with Gasteiger partial charge in [0.2, 0.25) is 5.91 Å². The van der Waals surface area contributed by atoms with Crippen molar-refractivity contribution in [2.45, 2.75) is 48.9 Å². The topological polar surface area (TPSA) is 104 Å². The summed E-state index contributed by atoms with van der Waals surface area (Å²) in [6.07, 6.45) is 4.31. The largest absolute Gasteiger partial charge is 0.349 e. The number of carbonyl (C=O) groups excluding carboxylic acids is 2. The van der Waals surface area contributed by atoms with Crippen LogP contribution in [0.3, 0.4) is 0 Å². The minimum atomic E-state index is -3.73. The number of hydrogen-bond donors (Lipinski definition) is 3. The molecule has 1 heterocycles. The summed E-state index contributed by atoms with van der Waals surface area (Å²) in [4.78, 5) is 24.5. The van der Waals surface area contributed by atoms with Gasteiger partial charge in [0.15, 0.2) is 0 Å². The van der Waals surface area contributed by atoms with E-state index in [1.807, 2.05) is 0 Å². The van der Waals surface area contributed by atoms with Crippen molar-refractivity contribution < 1.29 is 18.0 Å². The van der Waals surface area contributed by atoms with Crippen LogP contribution in [-0.2, 0) is 14.8 Å². The number of benzene rings is 1. The zero-order chi connectivity index (χ0) is 20.1. The summed E-state index contributed by atoms with van der Waals surface area (Å²) in [5.41, 5.74) is 1.01. The van der Waals surface area contributed by atoms with Crippen LogP contribution in [0.5, 0.6) is 0 Å². The molecule has 28 heavy (non-hydrogen) atoms. The van der Waals surface area contributed by atoms with Crippen molar-refractivity contribution in [1.29, 1.82) is 0 Å². The Morgan fingerprint density at radius 2 is 1.79 bits per heavy atom. The molecule has 7 nitrogen and oxygen atoms in total. The Hall–Kier alpha value is -2.23. The maximum absolute atomic E-state index is 12.3. The highest BCUT2D eigenvalue weighted by Crippen LogP contribution is 2.19. The monoisotopic (exact) mass is 421 g/mol. The maximum atomic E-state index is 12.3. The number of amides is 2. The number of thiophene rings is 1. The van der Waals surface area contributed by atoms with E-state index in [1.54, 1.807) is 35.7 Å². The number of sulfonamides is 1. The van der Waals surface area contributed by atoms with Gasteiger partial charge in [-0.15, -0.1) is 11.3 Å². The maximum Gasteiger partial charge on any atom is 0.251 e. The molecule has 2 amide bonds. The first-order valence-corrected chi connectivity index (χ1v) is 11.5. The number of rotatable bonds is 7. The van der Waals surface area contributed by atoms with Gasteiger partial charge in [-0.2, -0.15) is 4.72 Å². The highest BCUT2D eigenvalue weighted by Gasteiger charge is 2.23. The fourth-order valence-corrected chi connectivity index (χ4v) is 5.27. The lowest BCUT2D eigenvalue weighted by atomic mass is 10.1. The standard InChI is InChI=1S/C19H23N3O4S2/c1-13(22-28(25,26)17-7-4-12-27-17)18(23)20-16-10-8-14(9-11-16)19(24)21-15-5-2-3-6-15/h4,7-13,15,22H,2-3,5-6H2,1H3,(H,20,23)(H,21,24). The second kappa shape index (κ2) is 8.85. The van der Waals surface area contributed by atoms with Gasteiger partial charge in [-0.3, -0.25) is 9.59 Å². The van der Waals surface area contributed by atoms with E-state index in [0.29, 0.717) is 11.3 Å². The van der Waals surface area contributed by atoms with Crippen molar-refractivity contribution in [2.75, 3.05) is 5.32 Å². The van der Waals surface area contributed by atoms with Crippen molar-refractivity contribution in [1.82, 2.24) is 10.0 Å². The number of nitrogens with one attached hydrogen (secondary N) is 3. The number of anilines is 1. The molecular formula is C19H23N3O4S2. The van der Waals surface area contributed by atoms with Gasteiger partial charge < -0.3 is 10.6 Å². The molecule has 1 aromatic heterocycles. The molecule has 1 atom stereocenters. The Morgan fingerprint density at radius 1 is 1.11 bits per heavy atom. The molecule has 1 unspecified atom stereocenters. The van der Waals surface area contributed by atoms with Gasteiger partial charge in [-0.25, -0.2) is 8.42 Å². The lowest BCUT2D eigenvalue weighted by Gasteiger charge is -2.14. The van der Waals surface area contributed by atoms with E-state index in [-0.39, 0.29) is 16.2 Å². The van der Waals surface area contributed by atoms with E-state index in [4.69, 9.17) is 0 Å². The molecular weight excluding hydrogens is 398 g/mol. The van der Waals surface area contributed by atoms with E-state index < -0.39 is 22.0 Å². The van der Waals surface area contributed by atoms with Gasteiger partial charge in [-0.05, 0) is 55.5 Å². The van der Waals surface area contributed by atoms with Gasteiger partial charge in [0.05, 0.1) is 6.04 Å². The highest BCUT2D eigenvalue weighted by molar-refractivity contribution is 7.91. The molecule has 1 aliphatic carbocycles. The summed E-state index contributed by atoms with van der Waals surface area (Å²) in [7, 11) is -3.73. The van der Waals surface area contributed by atoms with E-state index in [2.05, 4.69) is 15.4 Å². The van der Waals surface area contributed by atoms with Crippen LogP contribution in [0.4, 0.5) is 5.69 Å². The molecule has 1 aromatic carbocycles.